The molecule has 0 spiro atoms. The predicted molar refractivity (Wildman–Crippen MR) is 80.9 cm³/mol. The van der Waals surface area contributed by atoms with E-state index in [-0.39, 0.29) is 0 Å². The lowest BCUT2D eigenvalue weighted by atomic mass is 10.2. The van der Waals surface area contributed by atoms with Crippen molar-refractivity contribution >= 4 is 5.82 Å². The number of hydrogen-bond donors (Lipinski definition) is 0. The Labute approximate surface area is 120 Å². The molecule has 0 aliphatic rings. The van der Waals surface area contributed by atoms with Crippen molar-refractivity contribution in [3.8, 4) is 0 Å². The molecule has 2 aromatic rings. The summed E-state index contributed by atoms with van der Waals surface area (Å²) in [5.74, 6) is 1.89. The van der Waals surface area contributed by atoms with Gasteiger partial charge in [-0.25, -0.2) is 9.97 Å². The lowest BCUT2D eigenvalue weighted by molar-refractivity contribution is 0.757. The van der Waals surface area contributed by atoms with Crippen LogP contribution in [0.4, 0.5) is 5.82 Å². The van der Waals surface area contributed by atoms with Crippen LogP contribution in [-0.2, 0) is 19.9 Å². The molecule has 0 N–H and O–H groups in total. The van der Waals surface area contributed by atoms with Gasteiger partial charge in [0.05, 0.1) is 6.20 Å². The third-order valence-corrected chi connectivity index (χ3v) is 3.42. The van der Waals surface area contributed by atoms with Crippen LogP contribution in [0, 0.1) is 6.92 Å². The maximum atomic E-state index is 4.57. The van der Waals surface area contributed by atoms with Crippen LogP contribution in [0.2, 0.25) is 0 Å². The van der Waals surface area contributed by atoms with Crippen molar-refractivity contribution in [3.05, 3.63) is 35.5 Å². The van der Waals surface area contributed by atoms with Gasteiger partial charge < -0.3 is 4.90 Å². The molecule has 2 rings (SSSR count). The van der Waals surface area contributed by atoms with Gasteiger partial charge in [-0.3, -0.25) is 4.68 Å². The van der Waals surface area contributed by atoms with Crippen LogP contribution in [-0.4, -0.2) is 33.3 Å². The van der Waals surface area contributed by atoms with Crippen molar-refractivity contribution in [1.82, 2.24) is 19.7 Å². The second-order valence-corrected chi connectivity index (χ2v) is 5.17. The standard InChI is InChI=1S/C15H23N5/c1-5-14-10-16-12(2)18-15(14)19(3)8-6-7-13-9-17-20(4)11-13/h9-11H,5-8H2,1-4H3. The van der Waals surface area contributed by atoms with E-state index in [1.165, 1.54) is 11.1 Å². The molecule has 5 nitrogen and oxygen atoms in total. The fraction of sp³-hybridized carbons (Fsp3) is 0.533. The zero-order valence-corrected chi connectivity index (χ0v) is 12.8. The molecule has 0 fully saturated rings. The fourth-order valence-corrected chi connectivity index (χ4v) is 2.29. The van der Waals surface area contributed by atoms with Gasteiger partial charge in [-0.2, -0.15) is 5.10 Å². The van der Waals surface area contributed by atoms with Gasteiger partial charge in [0.2, 0.25) is 0 Å². The van der Waals surface area contributed by atoms with Gasteiger partial charge in [-0.05, 0) is 31.7 Å². The Morgan fingerprint density at radius 2 is 2.10 bits per heavy atom. The van der Waals surface area contributed by atoms with Crippen molar-refractivity contribution in [3.63, 3.8) is 0 Å². The third-order valence-electron chi connectivity index (χ3n) is 3.42. The van der Waals surface area contributed by atoms with E-state index in [4.69, 9.17) is 0 Å². The Kier molecular flexibility index (Phi) is 4.71. The van der Waals surface area contributed by atoms with E-state index in [9.17, 15) is 0 Å². The molecule has 0 radical (unpaired) electrons. The molecule has 0 aromatic carbocycles. The Morgan fingerprint density at radius 3 is 2.75 bits per heavy atom. The molecule has 2 heterocycles. The topological polar surface area (TPSA) is 46.8 Å². The Bertz CT molecular complexity index is 561. The van der Waals surface area contributed by atoms with Crippen LogP contribution in [0.1, 0.15) is 30.3 Å². The smallest absolute Gasteiger partial charge is 0.135 e. The quantitative estimate of drug-likeness (QED) is 0.809. The Hall–Kier alpha value is -1.91. The number of aromatic nitrogens is 4. The molecule has 0 saturated carbocycles. The summed E-state index contributed by atoms with van der Waals surface area (Å²) < 4.78 is 1.85. The van der Waals surface area contributed by atoms with E-state index in [0.29, 0.717) is 0 Å². The average molecular weight is 273 g/mol. The van der Waals surface area contributed by atoms with E-state index in [2.05, 4.69) is 40.1 Å². The molecule has 0 unspecified atom stereocenters. The Morgan fingerprint density at radius 1 is 1.30 bits per heavy atom. The summed E-state index contributed by atoms with van der Waals surface area (Å²) in [7, 11) is 4.05. The van der Waals surface area contributed by atoms with Crippen molar-refractivity contribution in [1.29, 1.82) is 0 Å². The number of anilines is 1. The molecule has 0 atom stereocenters. The van der Waals surface area contributed by atoms with Crippen LogP contribution in [0.15, 0.2) is 18.6 Å². The lowest BCUT2D eigenvalue weighted by Gasteiger charge is -2.20. The molecule has 0 amide bonds. The first-order chi connectivity index (χ1) is 9.60. The summed E-state index contributed by atoms with van der Waals surface area (Å²) in [6.07, 6.45) is 9.05. The zero-order valence-electron chi connectivity index (χ0n) is 12.8. The minimum Gasteiger partial charge on any atom is -0.359 e. The van der Waals surface area contributed by atoms with E-state index in [0.717, 1.165) is 37.4 Å². The van der Waals surface area contributed by atoms with Gasteiger partial charge in [-0.15, -0.1) is 0 Å². The molecule has 0 bridgehead atoms. The van der Waals surface area contributed by atoms with Gasteiger partial charge >= 0.3 is 0 Å². The molecule has 0 aliphatic carbocycles. The molecule has 0 aliphatic heterocycles. The first-order valence-corrected chi connectivity index (χ1v) is 7.11. The minimum atomic E-state index is 0.830. The summed E-state index contributed by atoms with van der Waals surface area (Å²) in [5.41, 5.74) is 2.50. The summed E-state index contributed by atoms with van der Waals surface area (Å²) in [6, 6.07) is 0. The third kappa shape index (κ3) is 3.56. The van der Waals surface area contributed by atoms with Gasteiger partial charge in [0.15, 0.2) is 0 Å². The van der Waals surface area contributed by atoms with Gasteiger partial charge in [0, 0.05) is 38.6 Å². The fourth-order valence-electron chi connectivity index (χ4n) is 2.29. The van der Waals surface area contributed by atoms with Crippen molar-refractivity contribution < 1.29 is 0 Å². The van der Waals surface area contributed by atoms with Crippen LogP contribution >= 0.6 is 0 Å². The highest BCUT2D eigenvalue weighted by atomic mass is 15.2. The van der Waals surface area contributed by atoms with Crippen molar-refractivity contribution in [2.75, 3.05) is 18.5 Å². The van der Waals surface area contributed by atoms with Crippen LogP contribution in [0.3, 0.4) is 0 Å². The summed E-state index contributed by atoms with van der Waals surface area (Å²) in [4.78, 5) is 11.1. The monoisotopic (exact) mass is 273 g/mol. The van der Waals surface area contributed by atoms with E-state index >= 15 is 0 Å². The summed E-state index contributed by atoms with van der Waals surface area (Å²) >= 11 is 0. The maximum Gasteiger partial charge on any atom is 0.135 e. The molecular formula is C15H23N5. The van der Waals surface area contributed by atoms with Gasteiger partial charge in [0.1, 0.15) is 11.6 Å². The molecule has 2 aromatic heterocycles. The normalized spacial score (nSPS) is 10.8. The second-order valence-electron chi connectivity index (χ2n) is 5.17. The lowest BCUT2D eigenvalue weighted by Crippen LogP contribution is -2.22. The van der Waals surface area contributed by atoms with E-state index < -0.39 is 0 Å². The molecule has 5 heteroatoms. The highest BCUT2D eigenvalue weighted by molar-refractivity contribution is 5.45. The van der Waals surface area contributed by atoms with Gasteiger partial charge in [0.25, 0.3) is 0 Å². The molecule has 20 heavy (non-hydrogen) atoms. The number of hydrogen-bond acceptors (Lipinski definition) is 4. The SMILES string of the molecule is CCc1cnc(C)nc1N(C)CCCc1cnn(C)c1. The van der Waals surface area contributed by atoms with Crippen molar-refractivity contribution in [2.45, 2.75) is 33.1 Å². The Balaban J connectivity index is 1.94. The summed E-state index contributed by atoms with van der Waals surface area (Å²) in [5, 5.41) is 4.19. The largest absolute Gasteiger partial charge is 0.359 e. The highest BCUT2D eigenvalue weighted by Gasteiger charge is 2.09. The van der Waals surface area contributed by atoms with E-state index in [1.54, 1.807) is 0 Å². The predicted octanol–water partition coefficient (Wildman–Crippen LogP) is 2.15. The molecule has 108 valence electrons. The number of aryl methyl sites for hydroxylation is 4. The molecule has 0 saturated heterocycles. The molecular weight excluding hydrogens is 250 g/mol. The van der Waals surface area contributed by atoms with Crippen LogP contribution in [0.25, 0.3) is 0 Å². The van der Waals surface area contributed by atoms with Crippen molar-refractivity contribution in [2.24, 2.45) is 7.05 Å². The van der Waals surface area contributed by atoms with E-state index in [1.807, 2.05) is 31.0 Å². The zero-order chi connectivity index (χ0) is 14.5. The first-order valence-electron chi connectivity index (χ1n) is 7.11. The van der Waals surface area contributed by atoms with Crippen LogP contribution in [0.5, 0.6) is 0 Å². The minimum absolute atomic E-state index is 0.830. The van der Waals surface area contributed by atoms with Gasteiger partial charge in [-0.1, -0.05) is 6.92 Å². The summed E-state index contributed by atoms with van der Waals surface area (Å²) in [6.45, 7) is 5.06. The first kappa shape index (κ1) is 14.5. The number of rotatable bonds is 6. The maximum absolute atomic E-state index is 4.57. The number of nitrogens with zero attached hydrogens (tertiary/aromatic N) is 5. The average Bonchev–Trinajstić information content (AvgIpc) is 2.84. The second kappa shape index (κ2) is 6.50. The van der Waals surface area contributed by atoms with Crippen LogP contribution < -0.4 is 4.90 Å². The highest BCUT2D eigenvalue weighted by Crippen LogP contribution is 2.17.